The minimum absolute atomic E-state index is 0.718. The lowest BCUT2D eigenvalue weighted by atomic mass is 10.2. The van der Waals surface area contributed by atoms with E-state index in [4.69, 9.17) is 24.4 Å². The zero-order valence-electron chi connectivity index (χ0n) is 17.1. The average Bonchev–Trinajstić information content (AvgIpc) is 2.86. The van der Waals surface area contributed by atoms with Crippen LogP contribution in [0.1, 0.15) is 0 Å². The van der Waals surface area contributed by atoms with Crippen molar-refractivity contribution < 1.29 is 0 Å². The standard InChI is InChI=1S/C26H20N2S4/c29-25(27(21-13-5-1-6-14-21)22-15-7-2-8-16-22)31-32-26(30)28(23-17-9-3-10-18-23)24-19-11-4-12-20-24/h1-20H. The number of para-hydroxylation sites is 4. The number of anilines is 4. The molecule has 0 fully saturated rings. The summed E-state index contributed by atoms with van der Waals surface area (Å²) in [6.07, 6.45) is 0. The number of benzene rings is 4. The van der Waals surface area contributed by atoms with Gasteiger partial charge in [0.1, 0.15) is 0 Å². The SMILES string of the molecule is S=C(SSC(=S)N(c1ccccc1)c1ccccc1)N(c1ccccc1)c1ccccc1. The molecule has 4 aromatic carbocycles. The second-order valence-corrected chi connectivity index (χ2v) is 10.1. The highest BCUT2D eigenvalue weighted by Gasteiger charge is 2.20. The maximum atomic E-state index is 5.87. The Bertz CT molecular complexity index is 980. The summed E-state index contributed by atoms with van der Waals surface area (Å²) in [5.41, 5.74) is 4.08. The fraction of sp³-hybridized carbons (Fsp3) is 0. The normalized spacial score (nSPS) is 10.4. The molecule has 0 saturated carbocycles. The minimum Gasteiger partial charge on any atom is -0.295 e. The van der Waals surface area contributed by atoms with E-state index in [2.05, 4.69) is 58.3 Å². The molecule has 4 aromatic rings. The summed E-state index contributed by atoms with van der Waals surface area (Å²) in [6.45, 7) is 0. The molecule has 0 atom stereocenters. The molecular weight excluding hydrogens is 469 g/mol. The van der Waals surface area contributed by atoms with Gasteiger partial charge in [-0.15, -0.1) is 0 Å². The topological polar surface area (TPSA) is 6.48 Å². The van der Waals surface area contributed by atoms with Crippen LogP contribution in [0.2, 0.25) is 0 Å². The van der Waals surface area contributed by atoms with Gasteiger partial charge in [-0.3, -0.25) is 9.80 Å². The van der Waals surface area contributed by atoms with Crippen LogP contribution in [0.5, 0.6) is 0 Å². The number of thiocarbonyl (C=S) groups is 2. The van der Waals surface area contributed by atoms with Gasteiger partial charge < -0.3 is 0 Å². The van der Waals surface area contributed by atoms with Crippen molar-refractivity contribution in [2.45, 2.75) is 0 Å². The molecule has 0 radical (unpaired) electrons. The Hall–Kier alpha value is -2.64. The Labute approximate surface area is 207 Å². The van der Waals surface area contributed by atoms with Crippen molar-refractivity contribution in [3.05, 3.63) is 121 Å². The second-order valence-electron chi connectivity index (χ2n) is 6.71. The summed E-state index contributed by atoms with van der Waals surface area (Å²) < 4.78 is 1.44. The molecule has 0 bridgehead atoms. The van der Waals surface area contributed by atoms with Crippen LogP contribution >= 0.6 is 46.0 Å². The maximum Gasteiger partial charge on any atom is 0.156 e. The molecule has 0 spiro atoms. The predicted octanol–water partition coefficient (Wildman–Crippen LogP) is 8.61. The van der Waals surface area contributed by atoms with Gasteiger partial charge in [0.25, 0.3) is 0 Å². The van der Waals surface area contributed by atoms with Crippen molar-refractivity contribution in [3.8, 4) is 0 Å². The zero-order chi connectivity index (χ0) is 22.2. The van der Waals surface area contributed by atoms with E-state index in [1.54, 1.807) is 0 Å². The number of nitrogens with zero attached hydrogens (tertiary/aromatic N) is 2. The molecule has 158 valence electrons. The van der Waals surface area contributed by atoms with Crippen molar-refractivity contribution in [1.29, 1.82) is 0 Å². The lowest BCUT2D eigenvalue weighted by molar-refractivity contribution is 1.39. The third kappa shape index (κ3) is 5.58. The largest absolute Gasteiger partial charge is 0.295 e. The first kappa shape index (κ1) is 22.6. The van der Waals surface area contributed by atoms with E-state index in [1.807, 2.05) is 72.8 Å². The molecule has 32 heavy (non-hydrogen) atoms. The molecule has 0 heterocycles. The van der Waals surface area contributed by atoms with Crippen LogP contribution < -0.4 is 9.80 Å². The zero-order valence-corrected chi connectivity index (χ0v) is 20.3. The first-order valence-electron chi connectivity index (χ1n) is 9.97. The van der Waals surface area contributed by atoms with Crippen LogP contribution in [-0.2, 0) is 0 Å². The van der Waals surface area contributed by atoms with Gasteiger partial charge in [-0.2, -0.15) is 0 Å². The third-order valence-corrected chi connectivity index (χ3v) is 8.04. The van der Waals surface area contributed by atoms with Crippen molar-refractivity contribution in [2.24, 2.45) is 0 Å². The fourth-order valence-corrected chi connectivity index (χ4v) is 5.80. The van der Waals surface area contributed by atoms with Crippen molar-refractivity contribution in [2.75, 3.05) is 9.80 Å². The fourth-order valence-electron chi connectivity index (χ4n) is 3.17. The second kappa shape index (κ2) is 11.3. The summed E-state index contributed by atoms with van der Waals surface area (Å²) in [4.78, 5) is 4.15. The van der Waals surface area contributed by atoms with E-state index in [9.17, 15) is 0 Å². The number of hydrogen-bond donors (Lipinski definition) is 0. The van der Waals surface area contributed by atoms with Gasteiger partial charge in [0, 0.05) is 22.7 Å². The Kier molecular flexibility index (Phi) is 7.96. The lowest BCUT2D eigenvalue weighted by Crippen LogP contribution is -2.23. The predicted molar refractivity (Wildman–Crippen MR) is 150 cm³/mol. The molecule has 0 N–H and O–H groups in total. The molecule has 0 amide bonds. The summed E-state index contributed by atoms with van der Waals surface area (Å²) >= 11 is 11.7. The van der Waals surface area contributed by atoms with Gasteiger partial charge in [0.2, 0.25) is 0 Å². The first-order valence-corrected chi connectivity index (χ1v) is 12.9. The Morgan fingerprint density at radius 1 is 0.406 bits per heavy atom. The van der Waals surface area contributed by atoms with Crippen LogP contribution in [-0.4, -0.2) is 8.64 Å². The molecule has 4 rings (SSSR count). The van der Waals surface area contributed by atoms with Crippen LogP contribution in [0.4, 0.5) is 22.7 Å². The molecule has 2 nitrogen and oxygen atoms in total. The summed E-state index contributed by atoms with van der Waals surface area (Å²) in [5.74, 6) is 0. The van der Waals surface area contributed by atoms with Gasteiger partial charge in [-0.25, -0.2) is 0 Å². The molecule has 0 unspecified atom stereocenters. The Balaban J connectivity index is 1.56. The molecule has 0 aliphatic rings. The third-order valence-electron chi connectivity index (χ3n) is 4.61. The number of rotatable bonds is 4. The quantitative estimate of drug-likeness (QED) is 0.208. The monoisotopic (exact) mass is 488 g/mol. The van der Waals surface area contributed by atoms with Gasteiger partial charge in [0.15, 0.2) is 8.64 Å². The highest BCUT2D eigenvalue weighted by atomic mass is 33.1. The molecule has 0 aliphatic carbocycles. The lowest BCUT2D eigenvalue weighted by Gasteiger charge is -2.27. The summed E-state index contributed by atoms with van der Waals surface area (Å²) in [5, 5.41) is 0. The van der Waals surface area contributed by atoms with E-state index < -0.39 is 0 Å². The highest BCUT2D eigenvalue weighted by molar-refractivity contribution is 8.89. The maximum absolute atomic E-state index is 5.87. The van der Waals surface area contributed by atoms with Crippen LogP contribution in [0.3, 0.4) is 0 Å². The van der Waals surface area contributed by atoms with E-state index in [1.165, 1.54) is 21.6 Å². The van der Waals surface area contributed by atoms with Crippen molar-refractivity contribution >= 4 is 77.4 Å². The van der Waals surface area contributed by atoms with Gasteiger partial charge in [-0.1, -0.05) is 97.2 Å². The van der Waals surface area contributed by atoms with Gasteiger partial charge in [-0.05, 0) is 70.1 Å². The van der Waals surface area contributed by atoms with Gasteiger partial charge in [0.05, 0.1) is 0 Å². The van der Waals surface area contributed by atoms with E-state index in [0.29, 0.717) is 0 Å². The molecule has 0 aliphatic heterocycles. The summed E-state index contributed by atoms with van der Waals surface area (Å²) in [6, 6.07) is 40.6. The first-order chi connectivity index (χ1) is 15.7. The Morgan fingerprint density at radius 3 is 0.844 bits per heavy atom. The number of hydrogen-bond acceptors (Lipinski definition) is 4. The summed E-state index contributed by atoms with van der Waals surface area (Å²) in [7, 11) is 2.98. The van der Waals surface area contributed by atoms with Gasteiger partial charge >= 0.3 is 0 Å². The Morgan fingerprint density at radius 2 is 0.625 bits per heavy atom. The molecular formula is C26H20N2S4. The highest BCUT2D eigenvalue weighted by Crippen LogP contribution is 2.38. The van der Waals surface area contributed by atoms with E-state index >= 15 is 0 Å². The van der Waals surface area contributed by atoms with Crippen LogP contribution in [0, 0.1) is 0 Å². The minimum atomic E-state index is 0.718. The molecule has 0 saturated heterocycles. The van der Waals surface area contributed by atoms with E-state index in [-0.39, 0.29) is 0 Å². The average molecular weight is 489 g/mol. The smallest absolute Gasteiger partial charge is 0.156 e. The molecule has 0 aromatic heterocycles. The van der Waals surface area contributed by atoms with E-state index in [0.717, 1.165) is 31.4 Å². The van der Waals surface area contributed by atoms with Crippen molar-refractivity contribution in [3.63, 3.8) is 0 Å². The van der Waals surface area contributed by atoms with Crippen LogP contribution in [0.25, 0.3) is 0 Å². The molecule has 6 heteroatoms. The van der Waals surface area contributed by atoms with Crippen LogP contribution in [0.15, 0.2) is 121 Å². The van der Waals surface area contributed by atoms with Crippen molar-refractivity contribution in [1.82, 2.24) is 0 Å².